The largest absolute Gasteiger partial charge is 0.433 e. The van der Waals surface area contributed by atoms with Crippen molar-refractivity contribution in [3.8, 4) is 5.75 Å². The van der Waals surface area contributed by atoms with Crippen LogP contribution in [0.4, 0.5) is 33.6 Å². The molecule has 3 aromatic rings. The van der Waals surface area contributed by atoms with Gasteiger partial charge in [-0.3, -0.25) is 14.5 Å². The van der Waals surface area contributed by atoms with Gasteiger partial charge in [-0.05, 0) is 31.5 Å². The van der Waals surface area contributed by atoms with Crippen molar-refractivity contribution in [2.45, 2.75) is 37.6 Å². The Bertz CT molecular complexity index is 1570. The molecule has 0 unspecified atom stereocenters. The van der Waals surface area contributed by atoms with E-state index >= 15 is 8.78 Å². The second kappa shape index (κ2) is 10.4. The average molecular weight is 608 g/mol. The number of amides is 2. The van der Waals surface area contributed by atoms with E-state index < -0.39 is 41.7 Å². The number of ether oxygens (including phenoxy) is 1. The molecule has 2 aromatic heterocycles. The topological polar surface area (TPSA) is 87.7 Å². The van der Waals surface area contributed by atoms with E-state index in [0.29, 0.717) is 0 Å². The molecule has 6 rings (SSSR count). The van der Waals surface area contributed by atoms with Crippen LogP contribution in [0.2, 0.25) is 5.02 Å². The molecule has 2 aliphatic heterocycles. The lowest BCUT2D eigenvalue weighted by atomic mass is 9.71. The molecule has 220 valence electrons. The van der Waals surface area contributed by atoms with Gasteiger partial charge in [-0.25, -0.2) is 23.1 Å². The Labute approximate surface area is 241 Å². The summed E-state index contributed by atoms with van der Waals surface area (Å²) >= 11 is 6.09. The van der Waals surface area contributed by atoms with E-state index in [2.05, 4.69) is 20.0 Å². The van der Waals surface area contributed by atoms with Crippen molar-refractivity contribution in [2.75, 3.05) is 29.9 Å². The second-order valence-corrected chi connectivity index (χ2v) is 11.1. The lowest BCUT2D eigenvalue weighted by Gasteiger charge is -2.43. The number of carbonyl (C=O) groups is 2. The number of rotatable bonds is 7. The molecule has 14 heteroatoms. The van der Waals surface area contributed by atoms with Gasteiger partial charge in [0.2, 0.25) is 5.91 Å². The number of aromatic nitrogens is 2. The van der Waals surface area contributed by atoms with E-state index in [1.807, 2.05) is 0 Å². The summed E-state index contributed by atoms with van der Waals surface area (Å²) < 4.78 is 74.6. The molecule has 0 bridgehead atoms. The molecule has 3 aliphatic rings. The fourth-order valence-corrected chi connectivity index (χ4v) is 5.71. The molecule has 1 saturated heterocycles. The van der Waals surface area contributed by atoms with Crippen molar-refractivity contribution in [3.05, 3.63) is 76.1 Å². The number of benzene rings is 1. The Morgan fingerprint density at radius 2 is 1.88 bits per heavy atom. The lowest BCUT2D eigenvalue weighted by molar-refractivity contribution is -0.136. The van der Waals surface area contributed by atoms with Gasteiger partial charge in [0.15, 0.2) is 11.6 Å². The molecule has 2 amide bonds. The average Bonchev–Trinajstić information content (AvgIpc) is 3.66. The maximum Gasteiger partial charge on any atom is 0.387 e. The molecule has 8 nitrogen and oxygen atoms in total. The molecule has 42 heavy (non-hydrogen) atoms. The van der Waals surface area contributed by atoms with Gasteiger partial charge in [0.05, 0.1) is 28.7 Å². The van der Waals surface area contributed by atoms with Crippen LogP contribution in [0.1, 0.15) is 34.8 Å². The zero-order valence-electron chi connectivity index (χ0n) is 22.0. The first-order valence-corrected chi connectivity index (χ1v) is 13.4. The summed E-state index contributed by atoms with van der Waals surface area (Å²) in [5, 5.41) is 2.74. The van der Waals surface area contributed by atoms with Crippen LogP contribution in [0.25, 0.3) is 0 Å². The molecule has 2 fully saturated rings. The third-order valence-electron chi connectivity index (χ3n) is 7.85. The van der Waals surface area contributed by atoms with Crippen LogP contribution in [0.3, 0.4) is 0 Å². The van der Waals surface area contributed by atoms with Crippen LogP contribution in [0, 0.1) is 17.6 Å². The molecule has 3 atom stereocenters. The number of nitrogens with one attached hydrogen (secondary N) is 1. The zero-order chi connectivity index (χ0) is 29.9. The number of halogens is 6. The first-order valence-electron chi connectivity index (χ1n) is 13.0. The quantitative estimate of drug-likeness (QED) is 0.382. The highest BCUT2D eigenvalue weighted by molar-refractivity contribution is 6.30. The Hall–Kier alpha value is -4.00. The SMILES string of the molecule is C[C@]1(c2cccc(Cl)c2F)CN(c2ccc(OC(F)F)cn2)C(=O)c2cnc(NC3CN(C(=O)[C@@H]4C[C@@H]4F)C3)c(F)c21. The molecule has 1 aromatic carbocycles. The summed E-state index contributed by atoms with van der Waals surface area (Å²) in [5.41, 5.74) is -1.78. The van der Waals surface area contributed by atoms with Crippen molar-refractivity contribution < 1.29 is 36.3 Å². The van der Waals surface area contributed by atoms with Gasteiger partial charge >= 0.3 is 6.61 Å². The molecule has 1 N–H and O–H groups in total. The minimum Gasteiger partial charge on any atom is -0.433 e. The maximum atomic E-state index is 16.3. The van der Waals surface area contributed by atoms with Crippen molar-refractivity contribution in [1.82, 2.24) is 14.9 Å². The molecule has 0 radical (unpaired) electrons. The van der Waals surface area contributed by atoms with Gasteiger partial charge < -0.3 is 15.0 Å². The van der Waals surface area contributed by atoms with E-state index in [-0.39, 0.29) is 77.1 Å². The summed E-state index contributed by atoms with van der Waals surface area (Å²) in [5.74, 6) is -3.67. The maximum absolute atomic E-state index is 16.3. The van der Waals surface area contributed by atoms with Crippen molar-refractivity contribution in [2.24, 2.45) is 5.92 Å². The third kappa shape index (κ3) is 4.79. The monoisotopic (exact) mass is 607 g/mol. The summed E-state index contributed by atoms with van der Waals surface area (Å²) in [4.78, 5) is 36.7. The number of carbonyl (C=O) groups excluding carboxylic acids is 2. The highest BCUT2D eigenvalue weighted by Gasteiger charge is 2.49. The third-order valence-corrected chi connectivity index (χ3v) is 8.15. The van der Waals surface area contributed by atoms with Crippen LogP contribution in [0.15, 0.2) is 42.7 Å². The number of anilines is 2. The fourth-order valence-electron chi connectivity index (χ4n) is 5.54. The highest BCUT2D eigenvalue weighted by atomic mass is 35.5. The minimum absolute atomic E-state index is 0.00748. The number of alkyl halides is 3. The van der Waals surface area contributed by atoms with Crippen LogP contribution >= 0.6 is 11.6 Å². The van der Waals surface area contributed by atoms with Crippen LogP contribution in [-0.4, -0.2) is 65.1 Å². The molecule has 1 saturated carbocycles. The number of pyridine rings is 2. The van der Waals surface area contributed by atoms with Crippen molar-refractivity contribution in [1.29, 1.82) is 0 Å². The van der Waals surface area contributed by atoms with Gasteiger partial charge in [-0.1, -0.05) is 23.7 Å². The van der Waals surface area contributed by atoms with Crippen LogP contribution < -0.4 is 15.0 Å². The van der Waals surface area contributed by atoms with Crippen molar-refractivity contribution >= 4 is 35.1 Å². The van der Waals surface area contributed by atoms with Crippen LogP contribution in [-0.2, 0) is 10.2 Å². The number of nitrogens with zero attached hydrogens (tertiary/aromatic N) is 4. The number of likely N-dealkylation sites (tertiary alicyclic amines) is 1. The van der Waals surface area contributed by atoms with E-state index in [1.165, 1.54) is 46.3 Å². The van der Waals surface area contributed by atoms with E-state index in [0.717, 1.165) is 6.20 Å². The molecule has 0 spiro atoms. The van der Waals surface area contributed by atoms with Gasteiger partial charge in [0.25, 0.3) is 5.91 Å². The number of fused-ring (bicyclic) bond motifs is 1. The van der Waals surface area contributed by atoms with Gasteiger partial charge in [0.1, 0.15) is 23.6 Å². The van der Waals surface area contributed by atoms with Gasteiger partial charge in [0, 0.05) is 42.4 Å². The highest BCUT2D eigenvalue weighted by Crippen LogP contribution is 2.45. The summed E-state index contributed by atoms with van der Waals surface area (Å²) in [6, 6.07) is 6.39. The summed E-state index contributed by atoms with van der Waals surface area (Å²) in [6.45, 7) is -1.35. The second-order valence-electron chi connectivity index (χ2n) is 10.7. The molecule has 1 aliphatic carbocycles. The number of hydrogen-bond donors (Lipinski definition) is 1. The molecule has 4 heterocycles. The van der Waals surface area contributed by atoms with Gasteiger partial charge in [-0.15, -0.1) is 0 Å². The van der Waals surface area contributed by atoms with Crippen LogP contribution in [0.5, 0.6) is 5.75 Å². The Morgan fingerprint density at radius 1 is 1.14 bits per heavy atom. The smallest absolute Gasteiger partial charge is 0.387 e. The standard InChI is InChI=1S/C28H23ClF5N5O3/c1-28(17-3-2-4-18(29)22(17)31)12-39(20-6-5-14(8-35-20)42-27(33)34)26(41)16-9-36-24(23(32)21(16)28)37-13-10-38(11-13)25(40)15-7-19(15)30/h2-6,8-9,13,15,19,27H,7,10-12H2,1H3,(H,36,37)/t15-,19+,28-/m1/s1. The lowest BCUT2D eigenvalue weighted by Crippen LogP contribution is -2.58. The predicted octanol–water partition coefficient (Wildman–Crippen LogP) is 4.96. The fraction of sp³-hybridized carbons (Fsp3) is 0.357. The Kier molecular flexibility index (Phi) is 6.95. The first kappa shape index (κ1) is 28.1. The van der Waals surface area contributed by atoms with E-state index in [4.69, 9.17) is 11.6 Å². The predicted molar refractivity (Wildman–Crippen MR) is 142 cm³/mol. The van der Waals surface area contributed by atoms with Gasteiger partial charge in [-0.2, -0.15) is 8.78 Å². The summed E-state index contributed by atoms with van der Waals surface area (Å²) in [6.07, 6.45) is 1.27. The Morgan fingerprint density at radius 3 is 2.52 bits per heavy atom. The number of hydrogen-bond acceptors (Lipinski definition) is 6. The minimum atomic E-state index is -3.07. The molecular weight excluding hydrogens is 585 g/mol. The Balaban J connectivity index is 1.36. The van der Waals surface area contributed by atoms with E-state index in [9.17, 15) is 22.8 Å². The first-order chi connectivity index (χ1) is 20.0. The summed E-state index contributed by atoms with van der Waals surface area (Å²) in [7, 11) is 0. The molecular formula is C28H23ClF5N5O3. The zero-order valence-corrected chi connectivity index (χ0v) is 22.7. The van der Waals surface area contributed by atoms with E-state index in [1.54, 1.807) is 6.92 Å². The normalized spacial score (nSPS) is 23.5. The van der Waals surface area contributed by atoms with Crippen molar-refractivity contribution in [3.63, 3.8) is 0 Å².